The van der Waals surface area contributed by atoms with Gasteiger partial charge in [-0.3, -0.25) is 10.1 Å². The summed E-state index contributed by atoms with van der Waals surface area (Å²) in [4.78, 5) is 10.4. The Morgan fingerprint density at radius 2 is 2.19 bits per heavy atom. The predicted molar refractivity (Wildman–Crippen MR) is 64.8 cm³/mol. The van der Waals surface area contributed by atoms with Crippen LogP contribution in [-0.2, 0) is 0 Å². The van der Waals surface area contributed by atoms with Crippen molar-refractivity contribution in [2.45, 2.75) is 19.9 Å². The molecule has 1 rings (SSSR count). The van der Waals surface area contributed by atoms with Gasteiger partial charge in [0.1, 0.15) is 5.69 Å². The summed E-state index contributed by atoms with van der Waals surface area (Å²) in [5, 5.41) is 16.9. The maximum Gasteiger partial charge on any atom is 0.292 e. The number of nitrogens with zero attached hydrogens (tertiary/aromatic N) is 1. The minimum atomic E-state index is -0.369. The Morgan fingerprint density at radius 1 is 1.50 bits per heavy atom. The first kappa shape index (κ1) is 12.4. The maximum atomic E-state index is 10.8. The lowest BCUT2D eigenvalue weighted by molar-refractivity contribution is -0.384. The van der Waals surface area contributed by atoms with Gasteiger partial charge < -0.3 is 10.6 Å². The number of benzene rings is 1. The molecule has 0 aliphatic rings. The van der Waals surface area contributed by atoms with Gasteiger partial charge in [0, 0.05) is 18.7 Å². The van der Waals surface area contributed by atoms with E-state index in [2.05, 4.69) is 10.6 Å². The SMILES string of the molecule is CNC(C)CNc1cc(C)ccc1[N+](=O)[O-]. The number of aryl methyl sites for hydroxylation is 1. The van der Waals surface area contributed by atoms with E-state index in [1.165, 1.54) is 6.07 Å². The number of hydrogen-bond donors (Lipinski definition) is 2. The van der Waals surface area contributed by atoms with Gasteiger partial charge in [0.05, 0.1) is 4.92 Å². The minimum Gasteiger partial charge on any atom is -0.378 e. The van der Waals surface area contributed by atoms with Gasteiger partial charge in [0.25, 0.3) is 5.69 Å². The topological polar surface area (TPSA) is 67.2 Å². The molecule has 5 heteroatoms. The monoisotopic (exact) mass is 223 g/mol. The Labute approximate surface area is 95.0 Å². The molecule has 0 saturated carbocycles. The van der Waals surface area contributed by atoms with Crippen LogP contribution in [0.2, 0.25) is 0 Å². The Bertz CT molecular complexity index is 379. The molecule has 88 valence electrons. The number of anilines is 1. The third-order valence-electron chi connectivity index (χ3n) is 2.44. The van der Waals surface area contributed by atoms with Crippen molar-refractivity contribution in [1.82, 2.24) is 5.32 Å². The molecule has 0 radical (unpaired) electrons. The van der Waals surface area contributed by atoms with Crippen LogP contribution in [0.1, 0.15) is 12.5 Å². The fraction of sp³-hybridized carbons (Fsp3) is 0.455. The highest BCUT2D eigenvalue weighted by Crippen LogP contribution is 2.24. The van der Waals surface area contributed by atoms with Crippen LogP contribution in [0.15, 0.2) is 18.2 Å². The molecular formula is C11H17N3O2. The molecule has 0 aromatic heterocycles. The highest BCUT2D eigenvalue weighted by Gasteiger charge is 2.13. The molecule has 1 aromatic rings. The summed E-state index contributed by atoms with van der Waals surface area (Å²) >= 11 is 0. The van der Waals surface area contributed by atoms with Crippen molar-refractivity contribution >= 4 is 11.4 Å². The zero-order valence-corrected chi connectivity index (χ0v) is 9.78. The normalized spacial score (nSPS) is 12.2. The molecule has 0 aliphatic carbocycles. The van der Waals surface area contributed by atoms with Gasteiger partial charge in [-0.15, -0.1) is 0 Å². The van der Waals surface area contributed by atoms with Crippen LogP contribution in [0.25, 0.3) is 0 Å². The smallest absolute Gasteiger partial charge is 0.292 e. The largest absolute Gasteiger partial charge is 0.378 e. The summed E-state index contributed by atoms with van der Waals surface area (Å²) in [6.07, 6.45) is 0. The molecule has 0 fully saturated rings. The van der Waals surface area contributed by atoms with E-state index < -0.39 is 0 Å². The third kappa shape index (κ3) is 3.20. The predicted octanol–water partition coefficient (Wildman–Crippen LogP) is 1.92. The van der Waals surface area contributed by atoms with E-state index in [-0.39, 0.29) is 16.7 Å². The van der Waals surface area contributed by atoms with Gasteiger partial charge in [0.15, 0.2) is 0 Å². The molecule has 1 atom stereocenters. The Morgan fingerprint density at radius 3 is 2.75 bits per heavy atom. The first-order valence-electron chi connectivity index (χ1n) is 5.20. The second-order valence-electron chi connectivity index (χ2n) is 3.85. The molecule has 1 aromatic carbocycles. The van der Waals surface area contributed by atoms with Gasteiger partial charge in [0.2, 0.25) is 0 Å². The third-order valence-corrected chi connectivity index (χ3v) is 2.44. The zero-order valence-electron chi connectivity index (χ0n) is 9.78. The lowest BCUT2D eigenvalue weighted by Gasteiger charge is -2.12. The van der Waals surface area contributed by atoms with Gasteiger partial charge in [-0.1, -0.05) is 6.07 Å². The van der Waals surface area contributed by atoms with Crippen LogP contribution >= 0.6 is 0 Å². The summed E-state index contributed by atoms with van der Waals surface area (Å²) in [7, 11) is 1.86. The van der Waals surface area contributed by atoms with Crippen LogP contribution in [0.3, 0.4) is 0 Å². The summed E-state index contributed by atoms with van der Waals surface area (Å²) in [6, 6.07) is 5.33. The molecule has 0 spiro atoms. The number of nitrogens with one attached hydrogen (secondary N) is 2. The quantitative estimate of drug-likeness (QED) is 0.591. The summed E-state index contributed by atoms with van der Waals surface area (Å²) < 4.78 is 0. The second-order valence-corrected chi connectivity index (χ2v) is 3.85. The van der Waals surface area contributed by atoms with Gasteiger partial charge in [-0.25, -0.2) is 0 Å². The first-order chi connectivity index (χ1) is 7.54. The lowest BCUT2D eigenvalue weighted by atomic mass is 10.2. The number of nitro benzene ring substituents is 1. The molecule has 16 heavy (non-hydrogen) atoms. The molecule has 5 nitrogen and oxygen atoms in total. The van der Waals surface area contributed by atoms with E-state index >= 15 is 0 Å². The minimum absolute atomic E-state index is 0.119. The number of rotatable bonds is 5. The second kappa shape index (κ2) is 5.46. The number of nitro groups is 1. The van der Waals surface area contributed by atoms with Crippen molar-refractivity contribution in [3.05, 3.63) is 33.9 Å². The van der Waals surface area contributed by atoms with E-state index in [1.54, 1.807) is 12.1 Å². The van der Waals surface area contributed by atoms with Crippen LogP contribution in [0, 0.1) is 17.0 Å². The van der Waals surface area contributed by atoms with Crippen molar-refractivity contribution in [1.29, 1.82) is 0 Å². The summed E-state index contributed by atoms with van der Waals surface area (Å²) in [5.41, 5.74) is 1.70. The highest BCUT2D eigenvalue weighted by molar-refractivity contribution is 5.62. The average molecular weight is 223 g/mol. The van der Waals surface area contributed by atoms with Gasteiger partial charge in [-0.05, 0) is 32.5 Å². The number of likely N-dealkylation sites (N-methyl/N-ethyl adjacent to an activating group) is 1. The molecule has 2 N–H and O–H groups in total. The molecule has 0 bridgehead atoms. The van der Waals surface area contributed by atoms with Crippen LogP contribution in [0.4, 0.5) is 11.4 Å². The molecular weight excluding hydrogens is 206 g/mol. The molecule has 0 amide bonds. The average Bonchev–Trinajstić information content (AvgIpc) is 2.25. The molecule has 0 aliphatic heterocycles. The Hall–Kier alpha value is -1.62. The standard InChI is InChI=1S/C11H17N3O2/c1-8-4-5-11(14(15)16)10(6-8)13-7-9(2)12-3/h4-6,9,12-13H,7H2,1-3H3. The van der Waals surface area contributed by atoms with Gasteiger partial charge >= 0.3 is 0 Å². The molecule has 0 heterocycles. The van der Waals surface area contributed by atoms with Crippen molar-refractivity contribution in [3.63, 3.8) is 0 Å². The summed E-state index contributed by atoms with van der Waals surface area (Å²) in [5.74, 6) is 0. The van der Waals surface area contributed by atoms with Crippen LogP contribution in [0.5, 0.6) is 0 Å². The maximum absolute atomic E-state index is 10.8. The van der Waals surface area contributed by atoms with Crippen molar-refractivity contribution in [2.24, 2.45) is 0 Å². The summed E-state index contributed by atoms with van der Waals surface area (Å²) in [6.45, 7) is 4.58. The molecule has 1 unspecified atom stereocenters. The fourth-order valence-corrected chi connectivity index (χ4v) is 1.32. The van der Waals surface area contributed by atoms with E-state index in [0.29, 0.717) is 12.2 Å². The highest BCUT2D eigenvalue weighted by atomic mass is 16.6. The van der Waals surface area contributed by atoms with Crippen molar-refractivity contribution < 1.29 is 4.92 Å². The van der Waals surface area contributed by atoms with Crippen LogP contribution in [-0.4, -0.2) is 24.6 Å². The van der Waals surface area contributed by atoms with E-state index in [0.717, 1.165) is 5.56 Å². The zero-order chi connectivity index (χ0) is 12.1. The van der Waals surface area contributed by atoms with Crippen molar-refractivity contribution in [2.75, 3.05) is 18.9 Å². The van der Waals surface area contributed by atoms with E-state index in [4.69, 9.17) is 0 Å². The van der Waals surface area contributed by atoms with E-state index in [1.807, 2.05) is 20.9 Å². The Kier molecular flexibility index (Phi) is 4.25. The number of hydrogen-bond acceptors (Lipinski definition) is 4. The first-order valence-corrected chi connectivity index (χ1v) is 5.20. The van der Waals surface area contributed by atoms with E-state index in [9.17, 15) is 10.1 Å². The Balaban J connectivity index is 2.84. The van der Waals surface area contributed by atoms with Crippen LogP contribution < -0.4 is 10.6 Å². The van der Waals surface area contributed by atoms with Crippen molar-refractivity contribution in [3.8, 4) is 0 Å². The molecule has 0 saturated heterocycles. The lowest BCUT2D eigenvalue weighted by Crippen LogP contribution is -2.29. The fourth-order valence-electron chi connectivity index (χ4n) is 1.32. The van der Waals surface area contributed by atoms with Gasteiger partial charge in [-0.2, -0.15) is 0 Å².